The Balaban J connectivity index is 1.29. The predicted octanol–water partition coefficient (Wildman–Crippen LogP) is 3.96. The number of hydrogen-bond acceptors (Lipinski definition) is 3. The molecule has 1 amide bonds. The summed E-state index contributed by atoms with van der Waals surface area (Å²) in [5.74, 6) is 0.166. The second-order valence-corrected chi connectivity index (χ2v) is 8.38. The molecule has 0 saturated carbocycles. The number of fused-ring (bicyclic) bond motifs is 1. The van der Waals surface area contributed by atoms with Crippen LogP contribution < -0.4 is 0 Å². The summed E-state index contributed by atoms with van der Waals surface area (Å²) in [5.41, 5.74) is 4.11. The van der Waals surface area contributed by atoms with Crippen LogP contribution in [0, 0.1) is 0 Å². The van der Waals surface area contributed by atoms with E-state index in [9.17, 15) is 4.79 Å². The molecule has 0 spiro atoms. The fourth-order valence-corrected chi connectivity index (χ4v) is 4.87. The van der Waals surface area contributed by atoms with E-state index in [0.29, 0.717) is 6.04 Å². The van der Waals surface area contributed by atoms with Crippen LogP contribution in [0.2, 0.25) is 0 Å². The van der Waals surface area contributed by atoms with E-state index in [4.69, 9.17) is 0 Å². The average Bonchev–Trinajstić information content (AvgIpc) is 3.53. The first kappa shape index (κ1) is 18.4. The minimum Gasteiger partial charge on any atom is -0.337 e. The van der Waals surface area contributed by atoms with Crippen LogP contribution >= 0.6 is 0 Å². The van der Waals surface area contributed by atoms with Crippen molar-refractivity contribution >= 4 is 16.9 Å². The fourth-order valence-electron chi connectivity index (χ4n) is 4.87. The first-order chi connectivity index (χ1) is 14.2. The second-order valence-electron chi connectivity index (χ2n) is 8.38. The van der Waals surface area contributed by atoms with Gasteiger partial charge in [0.1, 0.15) is 0 Å². The number of imidazole rings is 1. The van der Waals surface area contributed by atoms with Gasteiger partial charge in [0.05, 0.1) is 23.4 Å². The molecule has 5 nitrogen and oxygen atoms in total. The lowest BCUT2D eigenvalue weighted by Crippen LogP contribution is -2.37. The molecule has 2 aliphatic rings. The number of hydrogen-bond donors (Lipinski definition) is 0. The Morgan fingerprint density at radius 1 is 1.03 bits per heavy atom. The number of carbonyl (C=O) groups is 1. The molecule has 3 aromatic rings. The van der Waals surface area contributed by atoms with Gasteiger partial charge in [0.25, 0.3) is 5.91 Å². The molecule has 0 aliphatic carbocycles. The van der Waals surface area contributed by atoms with E-state index >= 15 is 0 Å². The molecule has 3 heterocycles. The SMILES string of the molecule is C[C@@H](c1ccc(C(=O)N2CC[C@H](N3CCCC3)C2)cc1)n1cnc2ccccc21. The Kier molecular flexibility index (Phi) is 4.84. The van der Waals surface area contributed by atoms with Crippen LogP contribution in [0.1, 0.15) is 48.1 Å². The maximum absolute atomic E-state index is 13.0. The largest absolute Gasteiger partial charge is 0.337 e. The van der Waals surface area contributed by atoms with E-state index < -0.39 is 0 Å². The fraction of sp³-hybridized carbons (Fsp3) is 0.417. The van der Waals surface area contributed by atoms with Crippen LogP contribution in [0.15, 0.2) is 54.9 Å². The standard InChI is InChI=1S/C24H28N4O/c1-18(28-17-25-22-6-2-3-7-23(22)28)19-8-10-20(11-9-19)24(29)27-15-12-21(16-27)26-13-4-5-14-26/h2-3,6-11,17-18,21H,4-5,12-16H2,1H3/t18-,21-/m0/s1. The van der Waals surface area contributed by atoms with Crippen LogP contribution in [0.4, 0.5) is 0 Å². The number of aromatic nitrogens is 2. The van der Waals surface area contributed by atoms with E-state index in [0.717, 1.165) is 36.1 Å². The maximum atomic E-state index is 13.0. The summed E-state index contributed by atoms with van der Waals surface area (Å²) in [6, 6.07) is 17.0. The highest BCUT2D eigenvalue weighted by Gasteiger charge is 2.31. The molecule has 2 atom stereocenters. The van der Waals surface area contributed by atoms with E-state index in [1.807, 2.05) is 41.6 Å². The molecule has 2 aromatic carbocycles. The lowest BCUT2D eigenvalue weighted by Gasteiger charge is -2.23. The van der Waals surface area contributed by atoms with Crippen molar-refractivity contribution in [2.75, 3.05) is 26.2 Å². The zero-order valence-corrected chi connectivity index (χ0v) is 17.0. The van der Waals surface area contributed by atoms with Gasteiger partial charge in [-0.1, -0.05) is 24.3 Å². The van der Waals surface area contributed by atoms with Gasteiger partial charge in [-0.3, -0.25) is 9.69 Å². The summed E-state index contributed by atoms with van der Waals surface area (Å²) < 4.78 is 2.19. The summed E-state index contributed by atoms with van der Waals surface area (Å²) in [6.45, 7) is 6.31. The van der Waals surface area contributed by atoms with Crippen LogP contribution in [0.3, 0.4) is 0 Å². The van der Waals surface area contributed by atoms with E-state index in [1.165, 1.54) is 31.5 Å². The Morgan fingerprint density at radius 3 is 2.59 bits per heavy atom. The molecule has 29 heavy (non-hydrogen) atoms. The Labute approximate surface area is 171 Å². The minimum atomic E-state index is 0.165. The Morgan fingerprint density at radius 2 is 1.79 bits per heavy atom. The summed E-state index contributed by atoms with van der Waals surface area (Å²) in [7, 11) is 0. The zero-order valence-electron chi connectivity index (χ0n) is 17.0. The highest BCUT2D eigenvalue weighted by Crippen LogP contribution is 2.25. The number of nitrogens with zero attached hydrogens (tertiary/aromatic N) is 4. The highest BCUT2D eigenvalue weighted by atomic mass is 16.2. The van der Waals surface area contributed by atoms with Gasteiger partial charge in [0.2, 0.25) is 0 Å². The van der Waals surface area contributed by atoms with E-state index in [2.05, 4.69) is 39.6 Å². The Bertz CT molecular complexity index is 1000. The summed E-state index contributed by atoms with van der Waals surface area (Å²) in [6.07, 6.45) is 5.61. The average molecular weight is 389 g/mol. The molecule has 1 aromatic heterocycles. The molecule has 0 unspecified atom stereocenters. The van der Waals surface area contributed by atoms with Crippen LogP contribution in [-0.2, 0) is 0 Å². The maximum Gasteiger partial charge on any atom is 0.253 e. The lowest BCUT2D eigenvalue weighted by atomic mass is 10.0. The molecule has 2 fully saturated rings. The van der Waals surface area contributed by atoms with E-state index in [1.54, 1.807) is 0 Å². The normalized spacial score (nSPS) is 21.1. The topological polar surface area (TPSA) is 41.4 Å². The lowest BCUT2D eigenvalue weighted by molar-refractivity contribution is 0.0780. The third-order valence-corrected chi connectivity index (χ3v) is 6.65. The second kappa shape index (κ2) is 7.64. The van der Waals surface area contributed by atoms with Gasteiger partial charge in [-0.15, -0.1) is 0 Å². The number of likely N-dealkylation sites (tertiary alicyclic amines) is 2. The molecule has 0 N–H and O–H groups in total. The minimum absolute atomic E-state index is 0.165. The summed E-state index contributed by atoms with van der Waals surface area (Å²) in [4.78, 5) is 22.1. The van der Waals surface area contributed by atoms with Crippen molar-refractivity contribution in [1.82, 2.24) is 19.4 Å². The number of amides is 1. The van der Waals surface area contributed by atoms with Gasteiger partial charge in [-0.25, -0.2) is 4.98 Å². The zero-order chi connectivity index (χ0) is 19.8. The van der Waals surface area contributed by atoms with Crippen LogP contribution in [0.5, 0.6) is 0 Å². The molecular weight excluding hydrogens is 360 g/mol. The molecule has 5 rings (SSSR count). The van der Waals surface area contributed by atoms with Crippen molar-refractivity contribution in [3.05, 3.63) is 66.0 Å². The van der Waals surface area contributed by atoms with E-state index in [-0.39, 0.29) is 11.9 Å². The van der Waals surface area contributed by atoms with Crippen molar-refractivity contribution in [2.45, 2.75) is 38.3 Å². The van der Waals surface area contributed by atoms with Crippen molar-refractivity contribution < 1.29 is 4.79 Å². The van der Waals surface area contributed by atoms with Crippen molar-refractivity contribution in [2.24, 2.45) is 0 Å². The third kappa shape index (κ3) is 3.44. The van der Waals surface area contributed by atoms with Crippen molar-refractivity contribution in [1.29, 1.82) is 0 Å². The van der Waals surface area contributed by atoms with Crippen molar-refractivity contribution in [3.8, 4) is 0 Å². The van der Waals surface area contributed by atoms with Gasteiger partial charge < -0.3 is 9.47 Å². The summed E-state index contributed by atoms with van der Waals surface area (Å²) >= 11 is 0. The predicted molar refractivity (Wildman–Crippen MR) is 115 cm³/mol. The molecule has 150 valence electrons. The molecule has 2 saturated heterocycles. The molecule has 0 bridgehead atoms. The van der Waals surface area contributed by atoms with Gasteiger partial charge in [0, 0.05) is 24.7 Å². The van der Waals surface area contributed by atoms with Crippen molar-refractivity contribution in [3.63, 3.8) is 0 Å². The molecule has 5 heteroatoms. The third-order valence-electron chi connectivity index (χ3n) is 6.65. The number of benzene rings is 2. The Hall–Kier alpha value is -2.66. The van der Waals surface area contributed by atoms with Crippen LogP contribution in [0.25, 0.3) is 11.0 Å². The van der Waals surface area contributed by atoms with Gasteiger partial charge >= 0.3 is 0 Å². The molecular formula is C24H28N4O. The monoisotopic (exact) mass is 388 g/mol. The first-order valence-electron chi connectivity index (χ1n) is 10.8. The molecule has 0 radical (unpaired) electrons. The molecule has 2 aliphatic heterocycles. The smallest absolute Gasteiger partial charge is 0.253 e. The summed E-state index contributed by atoms with van der Waals surface area (Å²) in [5, 5.41) is 0. The van der Waals surface area contributed by atoms with Gasteiger partial charge in [-0.05, 0) is 69.1 Å². The number of rotatable bonds is 4. The quantitative estimate of drug-likeness (QED) is 0.679. The van der Waals surface area contributed by atoms with Gasteiger partial charge in [-0.2, -0.15) is 0 Å². The first-order valence-corrected chi connectivity index (χ1v) is 10.8. The van der Waals surface area contributed by atoms with Gasteiger partial charge in [0.15, 0.2) is 0 Å². The number of carbonyl (C=O) groups excluding carboxylic acids is 1. The highest BCUT2D eigenvalue weighted by molar-refractivity contribution is 5.94. The van der Waals surface area contributed by atoms with Crippen LogP contribution in [-0.4, -0.2) is 57.5 Å². The number of para-hydroxylation sites is 2.